The Hall–Kier alpha value is -2.88. The van der Waals surface area contributed by atoms with Crippen LogP contribution in [-0.2, 0) is 4.79 Å². The normalized spacial score (nSPS) is 18.2. The Kier molecular flexibility index (Phi) is 7.52. The third kappa shape index (κ3) is 4.08. The number of aryl methyl sites for hydroxylation is 1. The third-order valence-corrected chi connectivity index (χ3v) is 9.15. The van der Waals surface area contributed by atoms with Crippen molar-refractivity contribution in [3.8, 4) is 17.2 Å². The fourth-order valence-electron chi connectivity index (χ4n) is 4.97. The van der Waals surface area contributed by atoms with Crippen LogP contribution in [0.5, 0.6) is 17.2 Å². The molecule has 3 amide bonds. The van der Waals surface area contributed by atoms with Crippen LogP contribution in [0.4, 0.5) is 5.69 Å². The molecule has 1 saturated heterocycles. The van der Waals surface area contributed by atoms with Crippen molar-refractivity contribution in [2.24, 2.45) is 0 Å². The zero-order chi connectivity index (χ0) is 29.2. The van der Waals surface area contributed by atoms with Crippen LogP contribution < -0.4 is 19.1 Å². The van der Waals surface area contributed by atoms with Crippen molar-refractivity contribution < 1.29 is 28.6 Å². The lowest BCUT2D eigenvalue weighted by molar-refractivity contribution is -0.130. The number of methoxy groups -OCH3 is 3. The summed E-state index contributed by atoms with van der Waals surface area (Å²) < 4.78 is 16.5. The van der Waals surface area contributed by atoms with Gasteiger partial charge in [-0.15, -0.1) is 0 Å². The van der Waals surface area contributed by atoms with Gasteiger partial charge in [0.15, 0.2) is 11.5 Å². The number of fused-ring (bicyclic) bond motifs is 1. The number of imide groups is 1. The van der Waals surface area contributed by atoms with Crippen molar-refractivity contribution >= 4 is 81.4 Å². The number of amides is 3. The summed E-state index contributed by atoms with van der Waals surface area (Å²) in [4.78, 5) is 43.5. The molecule has 0 spiro atoms. The van der Waals surface area contributed by atoms with Crippen LogP contribution in [-0.4, -0.2) is 50.0 Å². The molecule has 40 heavy (non-hydrogen) atoms. The molecule has 2 aliphatic heterocycles. The predicted molar refractivity (Wildman–Crippen MR) is 153 cm³/mol. The van der Waals surface area contributed by atoms with Gasteiger partial charge in [0.2, 0.25) is 5.75 Å². The molecule has 0 unspecified atom stereocenters. The monoisotopic (exact) mass is 642 g/mol. The lowest BCUT2D eigenvalue weighted by Crippen LogP contribution is -2.67. The van der Waals surface area contributed by atoms with Crippen LogP contribution in [0, 0.1) is 6.92 Å². The summed E-state index contributed by atoms with van der Waals surface area (Å²) >= 11 is 31.4. The standard InChI is InChI=1S/C27H19Cl5N2O6/c1-10-5-6-12(9-13(10)28)33-22(11-7-14(38-2)24(40-4)15(8-11)39-3)23(27(33)37)34-25(35)16-17(26(34)36)19(30)21(32)20(31)18(16)29/h5-9,22-23H,1-4H3/t22-,23-/m0/s1. The van der Waals surface area contributed by atoms with Gasteiger partial charge in [-0.3, -0.25) is 19.3 Å². The van der Waals surface area contributed by atoms with Crippen molar-refractivity contribution in [2.45, 2.75) is 19.0 Å². The van der Waals surface area contributed by atoms with Gasteiger partial charge >= 0.3 is 0 Å². The molecule has 0 radical (unpaired) electrons. The SMILES string of the molecule is COc1cc([C@H]2[C@H](N3C(=O)c4c(Cl)c(Cl)c(Cl)c(Cl)c4C3=O)C(=O)N2c2ccc(C)c(Cl)c2)cc(OC)c1OC. The first kappa shape index (κ1) is 28.6. The molecule has 2 heterocycles. The fourth-order valence-corrected chi connectivity index (χ4v) is 6.16. The molecule has 8 nitrogen and oxygen atoms in total. The molecule has 13 heteroatoms. The summed E-state index contributed by atoms with van der Waals surface area (Å²) in [6, 6.07) is 6.21. The van der Waals surface area contributed by atoms with E-state index in [0.29, 0.717) is 33.5 Å². The molecule has 2 atom stereocenters. The quantitative estimate of drug-likeness (QED) is 0.124. The Labute approximate surface area is 254 Å². The van der Waals surface area contributed by atoms with Gasteiger partial charge in [0.05, 0.1) is 58.6 Å². The van der Waals surface area contributed by atoms with E-state index in [9.17, 15) is 14.4 Å². The van der Waals surface area contributed by atoms with E-state index < -0.39 is 29.8 Å². The third-order valence-electron chi connectivity index (χ3n) is 6.94. The van der Waals surface area contributed by atoms with Crippen LogP contribution >= 0.6 is 58.0 Å². The van der Waals surface area contributed by atoms with Crippen molar-refractivity contribution in [3.05, 3.63) is 77.7 Å². The number of rotatable bonds is 6. The summed E-state index contributed by atoms with van der Waals surface area (Å²) in [5.41, 5.74) is 1.30. The number of nitrogens with zero attached hydrogens (tertiary/aromatic N) is 2. The average molecular weight is 645 g/mol. The summed E-state index contributed by atoms with van der Waals surface area (Å²) in [6.07, 6.45) is 0. The maximum Gasteiger partial charge on any atom is 0.264 e. The fraction of sp³-hybridized carbons (Fsp3) is 0.222. The lowest BCUT2D eigenvalue weighted by atomic mass is 9.85. The first-order valence-electron chi connectivity index (χ1n) is 11.6. The number of benzene rings is 3. The van der Waals surface area contributed by atoms with Crippen LogP contribution in [0.25, 0.3) is 0 Å². The minimum absolute atomic E-state index is 0.174. The second-order valence-electron chi connectivity index (χ2n) is 8.98. The highest BCUT2D eigenvalue weighted by Crippen LogP contribution is 2.51. The largest absolute Gasteiger partial charge is 0.493 e. The molecule has 0 saturated carbocycles. The zero-order valence-electron chi connectivity index (χ0n) is 21.3. The number of β-lactam (4-membered cyclic amide) rings is 1. The van der Waals surface area contributed by atoms with Crippen molar-refractivity contribution in [2.75, 3.05) is 26.2 Å². The number of hydrogen-bond donors (Lipinski definition) is 0. The minimum Gasteiger partial charge on any atom is -0.493 e. The number of anilines is 1. The molecule has 0 aromatic heterocycles. The predicted octanol–water partition coefficient (Wildman–Crippen LogP) is 7.04. The highest BCUT2D eigenvalue weighted by Gasteiger charge is 2.58. The maximum absolute atomic E-state index is 13.8. The van der Waals surface area contributed by atoms with Crippen LogP contribution in [0.15, 0.2) is 30.3 Å². The smallest absolute Gasteiger partial charge is 0.264 e. The zero-order valence-corrected chi connectivity index (χ0v) is 25.1. The summed E-state index contributed by atoms with van der Waals surface area (Å²) in [7, 11) is 4.35. The van der Waals surface area contributed by atoms with Gasteiger partial charge in [-0.25, -0.2) is 0 Å². The van der Waals surface area contributed by atoms with Crippen LogP contribution in [0.1, 0.15) is 37.9 Å². The summed E-state index contributed by atoms with van der Waals surface area (Å²) in [6.45, 7) is 1.83. The summed E-state index contributed by atoms with van der Waals surface area (Å²) in [5.74, 6) is -1.26. The van der Waals surface area contributed by atoms with Gasteiger partial charge in [0.25, 0.3) is 17.7 Å². The molecule has 3 aromatic carbocycles. The van der Waals surface area contributed by atoms with E-state index in [-0.39, 0.29) is 31.2 Å². The number of carbonyl (C=O) groups excluding carboxylic acids is 3. The molecule has 1 fully saturated rings. The molecule has 208 valence electrons. The van der Waals surface area contributed by atoms with Gasteiger partial charge in [0, 0.05) is 10.7 Å². The van der Waals surface area contributed by atoms with E-state index in [0.717, 1.165) is 10.5 Å². The van der Waals surface area contributed by atoms with E-state index in [1.807, 2.05) is 6.92 Å². The van der Waals surface area contributed by atoms with Gasteiger partial charge in [0.1, 0.15) is 6.04 Å². The molecule has 0 N–H and O–H groups in total. The van der Waals surface area contributed by atoms with E-state index >= 15 is 0 Å². The molecule has 2 aliphatic rings. The average Bonchev–Trinajstić information content (AvgIpc) is 3.19. The highest BCUT2D eigenvalue weighted by molar-refractivity contribution is 6.55. The molecule has 3 aromatic rings. The minimum atomic E-state index is -1.29. The molecular weight excluding hydrogens is 626 g/mol. The van der Waals surface area contributed by atoms with E-state index in [4.69, 9.17) is 72.2 Å². The van der Waals surface area contributed by atoms with E-state index in [1.165, 1.54) is 26.2 Å². The molecule has 0 bridgehead atoms. The molecule has 0 aliphatic carbocycles. The summed E-state index contributed by atoms with van der Waals surface area (Å²) in [5, 5.41) is -0.379. The molecule has 5 rings (SSSR count). The van der Waals surface area contributed by atoms with Gasteiger partial charge < -0.3 is 19.1 Å². The van der Waals surface area contributed by atoms with Gasteiger partial charge in [-0.05, 0) is 42.3 Å². The van der Waals surface area contributed by atoms with Crippen LogP contribution in [0.3, 0.4) is 0 Å². The van der Waals surface area contributed by atoms with Crippen LogP contribution in [0.2, 0.25) is 25.1 Å². The number of ether oxygens (including phenoxy) is 3. The van der Waals surface area contributed by atoms with Gasteiger partial charge in [-0.2, -0.15) is 0 Å². The Morgan fingerprint density at radius 3 is 1.65 bits per heavy atom. The van der Waals surface area contributed by atoms with Crippen molar-refractivity contribution in [1.82, 2.24) is 4.90 Å². The van der Waals surface area contributed by atoms with E-state index in [1.54, 1.807) is 30.3 Å². The van der Waals surface area contributed by atoms with Crippen molar-refractivity contribution in [1.29, 1.82) is 0 Å². The first-order chi connectivity index (χ1) is 19.0. The topological polar surface area (TPSA) is 85.4 Å². The second-order valence-corrected chi connectivity index (χ2v) is 10.9. The molecular formula is C27H19Cl5N2O6. The maximum atomic E-state index is 13.8. The Morgan fingerprint density at radius 2 is 1.20 bits per heavy atom. The Morgan fingerprint density at radius 1 is 0.675 bits per heavy atom. The second kappa shape index (κ2) is 10.5. The first-order valence-corrected chi connectivity index (χ1v) is 13.5. The lowest BCUT2D eigenvalue weighted by Gasteiger charge is -2.50. The number of halogens is 5. The van der Waals surface area contributed by atoms with Crippen molar-refractivity contribution in [3.63, 3.8) is 0 Å². The Balaban J connectivity index is 1.70. The highest BCUT2D eigenvalue weighted by atomic mass is 35.5. The number of carbonyl (C=O) groups is 3. The Bertz CT molecular complexity index is 1560. The van der Waals surface area contributed by atoms with Gasteiger partial charge in [-0.1, -0.05) is 64.1 Å². The number of hydrogen-bond acceptors (Lipinski definition) is 6. The van der Waals surface area contributed by atoms with E-state index in [2.05, 4.69) is 0 Å².